The average molecular weight is 301 g/mol. The Hall–Kier alpha value is -1.57. The van der Waals surface area contributed by atoms with E-state index in [2.05, 4.69) is 15.5 Å². The van der Waals surface area contributed by atoms with Crippen molar-refractivity contribution >= 4 is 23.6 Å². The number of rotatable bonds is 7. The van der Waals surface area contributed by atoms with Gasteiger partial charge in [0.05, 0.1) is 12.4 Å². The van der Waals surface area contributed by atoms with Crippen molar-refractivity contribution in [3.63, 3.8) is 0 Å². The summed E-state index contributed by atoms with van der Waals surface area (Å²) in [5.74, 6) is -0.466. The number of aromatic nitrogens is 2. The summed E-state index contributed by atoms with van der Waals surface area (Å²) in [4.78, 5) is 23.0. The van der Waals surface area contributed by atoms with Crippen LogP contribution in [-0.2, 0) is 9.53 Å². The zero-order valence-electron chi connectivity index (χ0n) is 12.0. The van der Waals surface area contributed by atoms with Gasteiger partial charge in [-0.2, -0.15) is 0 Å². The minimum atomic E-state index is -0.662. The lowest BCUT2D eigenvalue weighted by Gasteiger charge is -2.16. The lowest BCUT2D eigenvalue weighted by Crippen LogP contribution is -2.37. The van der Waals surface area contributed by atoms with Gasteiger partial charge < -0.3 is 14.5 Å². The normalized spacial score (nSPS) is 12.2. The first-order chi connectivity index (χ1) is 9.43. The summed E-state index contributed by atoms with van der Waals surface area (Å²) in [6.07, 6.45) is 0. The molecule has 0 fully saturated rings. The molecule has 0 radical (unpaired) electrons. The van der Waals surface area contributed by atoms with Crippen LogP contribution in [0.3, 0.4) is 0 Å². The van der Waals surface area contributed by atoms with E-state index in [1.807, 2.05) is 20.8 Å². The van der Waals surface area contributed by atoms with Crippen molar-refractivity contribution in [1.82, 2.24) is 15.5 Å². The summed E-state index contributed by atoms with van der Waals surface area (Å²) in [5, 5.41) is 10.3. The van der Waals surface area contributed by atoms with Gasteiger partial charge in [0.2, 0.25) is 5.91 Å². The van der Waals surface area contributed by atoms with Crippen molar-refractivity contribution in [2.75, 3.05) is 12.4 Å². The van der Waals surface area contributed by atoms with Crippen LogP contribution in [0.2, 0.25) is 0 Å². The van der Waals surface area contributed by atoms with Gasteiger partial charge in [0.25, 0.3) is 5.22 Å². The molecule has 1 unspecified atom stereocenters. The monoisotopic (exact) mass is 301 g/mol. The summed E-state index contributed by atoms with van der Waals surface area (Å²) in [5.41, 5.74) is 0. The van der Waals surface area contributed by atoms with Gasteiger partial charge in [-0.25, -0.2) is 4.79 Å². The Balaban J connectivity index is 2.42. The van der Waals surface area contributed by atoms with Gasteiger partial charge in [-0.1, -0.05) is 30.7 Å². The van der Waals surface area contributed by atoms with E-state index in [0.717, 1.165) is 11.8 Å². The maximum atomic E-state index is 11.7. The molecular formula is C12H19N3O4S. The molecule has 1 N–H and O–H groups in total. The number of hydrogen-bond donors (Lipinski definition) is 1. The van der Waals surface area contributed by atoms with E-state index in [4.69, 9.17) is 9.15 Å². The fourth-order valence-corrected chi connectivity index (χ4v) is 1.71. The number of carbonyl (C=O) groups excluding carboxylic acids is 2. The van der Waals surface area contributed by atoms with Gasteiger partial charge in [0.1, 0.15) is 0 Å². The van der Waals surface area contributed by atoms with E-state index in [9.17, 15) is 9.59 Å². The van der Waals surface area contributed by atoms with Crippen LogP contribution in [0.5, 0.6) is 0 Å². The molecule has 1 aromatic heterocycles. The number of esters is 1. The number of hydrogen-bond acceptors (Lipinski definition) is 7. The fourth-order valence-electron chi connectivity index (χ4n) is 1.13. The third-order valence-electron chi connectivity index (χ3n) is 2.57. The minimum absolute atomic E-state index is 0.0980. The first kappa shape index (κ1) is 16.5. The summed E-state index contributed by atoms with van der Waals surface area (Å²) in [6.45, 7) is 7.92. The van der Waals surface area contributed by atoms with E-state index in [1.165, 1.54) is 0 Å². The zero-order valence-corrected chi connectivity index (χ0v) is 12.8. The van der Waals surface area contributed by atoms with E-state index >= 15 is 0 Å². The number of amides is 1. The van der Waals surface area contributed by atoms with E-state index in [0.29, 0.717) is 5.92 Å². The summed E-state index contributed by atoms with van der Waals surface area (Å²) >= 11 is 1.08. The van der Waals surface area contributed by atoms with Crippen LogP contribution in [0.1, 0.15) is 38.4 Å². The second kappa shape index (κ2) is 7.88. The third kappa shape index (κ3) is 5.20. The maximum Gasteiger partial charge on any atom is 0.396 e. The molecule has 1 aromatic rings. The first-order valence-corrected chi connectivity index (χ1v) is 7.35. The van der Waals surface area contributed by atoms with Gasteiger partial charge >= 0.3 is 11.9 Å². The molecule has 0 bridgehead atoms. The second-order valence-corrected chi connectivity index (χ2v) is 5.41. The van der Waals surface area contributed by atoms with Crippen molar-refractivity contribution < 1.29 is 18.7 Å². The molecule has 1 amide bonds. The van der Waals surface area contributed by atoms with Crippen LogP contribution in [0.4, 0.5) is 0 Å². The third-order valence-corrected chi connectivity index (χ3v) is 3.39. The van der Waals surface area contributed by atoms with Gasteiger partial charge in [0, 0.05) is 6.04 Å². The number of ether oxygens (including phenoxy) is 1. The molecular weight excluding hydrogens is 282 g/mol. The Morgan fingerprint density at radius 1 is 1.35 bits per heavy atom. The van der Waals surface area contributed by atoms with Crippen LogP contribution < -0.4 is 5.32 Å². The summed E-state index contributed by atoms with van der Waals surface area (Å²) in [7, 11) is 0. The summed E-state index contributed by atoms with van der Waals surface area (Å²) in [6, 6.07) is 0.0980. The SMILES string of the molecule is CCOC(=O)c1nnc(SCC(=O)NC(C)C(C)C)o1. The topological polar surface area (TPSA) is 94.3 Å². The van der Waals surface area contributed by atoms with Crippen molar-refractivity contribution in [3.8, 4) is 0 Å². The number of carbonyl (C=O) groups is 2. The lowest BCUT2D eigenvalue weighted by molar-refractivity contribution is -0.119. The molecule has 0 aliphatic heterocycles. The van der Waals surface area contributed by atoms with Crippen LogP contribution in [0.15, 0.2) is 9.64 Å². The lowest BCUT2D eigenvalue weighted by atomic mass is 10.1. The van der Waals surface area contributed by atoms with Crippen LogP contribution >= 0.6 is 11.8 Å². The summed E-state index contributed by atoms with van der Waals surface area (Å²) < 4.78 is 9.81. The molecule has 1 heterocycles. The Labute approximate surface area is 121 Å². The van der Waals surface area contributed by atoms with Crippen LogP contribution in [-0.4, -0.2) is 40.5 Å². The molecule has 7 nitrogen and oxygen atoms in total. The largest absolute Gasteiger partial charge is 0.459 e. The number of nitrogens with one attached hydrogen (secondary N) is 1. The predicted octanol–water partition coefficient (Wildman–Crippen LogP) is 1.50. The molecule has 0 aliphatic rings. The quantitative estimate of drug-likeness (QED) is 0.602. The highest BCUT2D eigenvalue weighted by Crippen LogP contribution is 2.16. The standard InChI is InChI=1S/C12H19N3O4S/c1-5-18-11(17)10-14-15-12(19-10)20-6-9(16)13-8(4)7(2)3/h7-8H,5-6H2,1-4H3,(H,13,16). The number of thioether (sulfide) groups is 1. The van der Waals surface area contributed by atoms with Crippen molar-refractivity contribution in [2.45, 2.75) is 39.0 Å². The average Bonchev–Trinajstić information content (AvgIpc) is 2.85. The van der Waals surface area contributed by atoms with Crippen molar-refractivity contribution in [1.29, 1.82) is 0 Å². The fraction of sp³-hybridized carbons (Fsp3) is 0.667. The van der Waals surface area contributed by atoms with E-state index in [-0.39, 0.29) is 35.4 Å². The van der Waals surface area contributed by atoms with Crippen molar-refractivity contribution in [3.05, 3.63) is 5.89 Å². The van der Waals surface area contributed by atoms with Gasteiger partial charge in [-0.05, 0) is 19.8 Å². The Morgan fingerprint density at radius 2 is 2.05 bits per heavy atom. The van der Waals surface area contributed by atoms with Crippen molar-refractivity contribution in [2.24, 2.45) is 5.92 Å². The molecule has 20 heavy (non-hydrogen) atoms. The zero-order chi connectivity index (χ0) is 15.1. The highest BCUT2D eigenvalue weighted by atomic mass is 32.2. The minimum Gasteiger partial charge on any atom is -0.459 e. The highest BCUT2D eigenvalue weighted by Gasteiger charge is 2.17. The van der Waals surface area contributed by atoms with Crippen LogP contribution in [0.25, 0.3) is 0 Å². The molecule has 0 saturated heterocycles. The predicted molar refractivity (Wildman–Crippen MR) is 73.4 cm³/mol. The molecule has 0 saturated carbocycles. The smallest absolute Gasteiger partial charge is 0.396 e. The van der Waals surface area contributed by atoms with E-state index < -0.39 is 5.97 Å². The Bertz CT molecular complexity index is 461. The molecule has 112 valence electrons. The molecule has 0 aliphatic carbocycles. The molecule has 0 aromatic carbocycles. The highest BCUT2D eigenvalue weighted by molar-refractivity contribution is 7.99. The first-order valence-electron chi connectivity index (χ1n) is 6.36. The van der Waals surface area contributed by atoms with Gasteiger partial charge in [0.15, 0.2) is 0 Å². The second-order valence-electron chi connectivity index (χ2n) is 4.48. The van der Waals surface area contributed by atoms with E-state index in [1.54, 1.807) is 6.92 Å². The Morgan fingerprint density at radius 3 is 2.65 bits per heavy atom. The Kier molecular flexibility index (Phi) is 6.50. The molecule has 8 heteroatoms. The number of nitrogens with zero attached hydrogens (tertiary/aromatic N) is 2. The molecule has 0 spiro atoms. The van der Waals surface area contributed by atoms with Gasteiger partial charge in [-0.15, -0.1) is 5.10 Å². The van der Waals surface area contributed by atoms with Crippen LogP contribution in [0, 0.1) is 5.92 Å². The molecule has 1 atom stereocenters. The van der Waals surface area contributed by atoms with Gasteiger partial charge in [-0.3, -0.25) is 4.79 Å². The molecule has 1 rings (SSSR count). The maximum absolute atomic E-state index is 11.7.